The molecule has 1 saturated heterocycles. The molecule has 3 atom stereocenters. The first-order chi connectivity index (χ1) is 12.5. The molecule has 3 amide bonds. The molecular weight excluding hydrogens is 338 g/mol. The van der Waals surface area contributed by atoms with Crippen molar-refractivity contribution in [1.29, 1.82) is 0 Å². The van der Waals surface area contributed by atoms with E-state index in [-0.39, 0.29) is 11.8 Å². The molecule has 0 unspecified atom stereocenters. The van der Waals surface area contributed by atoms with Gasteiger partial charge in [0.2, 0.25) is 11.8 Å². The van der Waals surface area contributed by atoms with Gasteiger partial charge in [-0.15, -0.1) is 0 Å². The monoisotopic (exact) mass is 363 g/mol. The Morgan fingerprint density at radius 2 is 1.88 bits per heavy atom. The molecule has 8 nitrogen and oxygen atoms in total. The highest BCUT2D eigenvalue weighted by molar-refractivity contribution is 5.98. The molecule has 1 aromatic carbocycles. The lowest BCUT2D eigenvalue weighted by Gasteiger charge is -2.30. The van der Waals surface area contributed by atoms with Gasteiger partial charge in [0.05, 0.1) is 13.2 Å². The quantitative estimate of drug-likeness (QED) is 0.796. The second-order valence-corrected chi connectivity index (χ2v) is 6.10. The summed E-state index contributed by atoms with van der Waals surface area (Å²) in [6.07, 6.45) is -0.0153. The van der Waals surface area contributed by atoms with E-state index in [0.29, 0.717) is 25.1 Å². The SMILES string of the molecule is COC(=O)N[C@H](C(=O)N1CCC[C@H]1C(=O)Nc1ccccc1)[C@@H](C)OC. The Bertz CT molecular complexity index is 637. The summed E-state index contributed by atoms with van der Waals surface area (Å²) in [6.45, 7) is 2.12. The predicted molar refractivity (Wildman–Crippen MR) is 95.6 cm³/mol. The van der Waals surface area contributed by atoms with Crippen LogP contribution in [0.15, 0.2) is 30.3 Å². The molecule has 1 heterocycles. The Morgan fingerprint density at radius 1 is 1.19 bits per heavy atom. The van der Waals surface area contributed by atoms with Crippen LogP contribution in [0.5, 0.6) is 0 Å². The van der Waals surface area contributed by atoms with Crippen LogP contribution >= 0.6 is 0 Å². The van der Waals surface area contributed by atoms with Gasteiger partial charge in [-0.05, 0) is 31.9 Å². The fourth-order valence-corrected chi connectivity index (χ4v) is 2.93. The molecule has 1 aliphatic heterocycles. The first kappa shape index (κ1) is 19.7. The minimum atomic E-state index is -0.933. The maximum absolute atomic E-state index is 13.0. The Labute approximate surface area is 152 Å². The third kappa shape index (κ3) is 4.72. The molecule has 26 heavy (non-hydrogen) atoms. The Morgan fingerprint density at radius 3 is 2.50 bits per heavy atom. The number of nitrogens with one attached hydrogen (secondary N) is 2. The number of anilines is 1. The van der Waals surface area contributed by atoms with Crippen LogP contribution in [0.3, 0.4) is 0 Å². The van der Waals surface area contributed by atoms with Crippen LogP contribution < -0.4 is 10.6 Å². The minimum absolute atomic E-state index is 0.246. The van der Waals surface area contributed by atoms with E-state index in [1.54, 1.807) is 19.1 Å². The first-order valence-corrected chi connectivity index (χ1v) is 8.51. The molecule has 0 spiro atoms. The van der Waals surface area contributed by atoms with Gasteiger partial charge in [0.1, 0.15) is 12.1 Å². The molecule has 0 saturated carbocycles. The zero-order chi connectivity index (χ0) is 19.1. The fourth-order valence-electron chi connectivity index (χ4n) is 2.93. The van der Waals surface area contributed by atoms with Crippen LogP contribution in [0.4, 0.5) is 10.5 Å². The number of nitrogens with zero attached hydrogens (tertiary/aromatic N) is 1. The number of benzene rings is 1. The molecule has 0 radical (unpaired) electrons. The largest absolute Gasteiger partial charge is 0.453 e. The highest BCUT2D eigenvalue weighted by Gasteiger charge is 2.39. The number of likely N-dealkylation sites (tertiary alicyclic amines) is 1. The summed E-state index contributed by atoms with van der Waals surface area (Å²) < 4.78 is 9.80. The van der Waals surface area contributed by atoms with Crippen LogP contribution in [0.1, 0.15) is 19.8 Å². The molecule has 2 N–H and O–H groups in total. The molecule has 8 heteroatoms. The summed E-state index contributed by atoms with van der Waals surface area (Å²) in [4.78, 5) is 38.7. The highest BCUT2D eigenvalue weighted by atomic mass is 16.5. The zero-order valence-corrected chi connectivity index (χ0v) is 15.2. The summed E-state index contributed by atoms with van der Waals surface area (Å²) in [5.41, 5.74) is 0.672. The average molecular weight is 363 g/mol. The van der Waals surface area contributed by atoms with Crippen molar-refractivity contribution < 1.29 is 23.9 Å². The maximum Gasteiger partial charge on any atom is 0.407 e. The summed E-state index contributed by atoms with van der Waals surface area (Å²) in [7, 11) is 2.67. The molecule has 1 fully saturated rings. The number of carbonyl (C=O) groups is 3. The van der Waals surface area contributed by atoms with Crippen molar-refractivity contribution in [3.63, 3.8) is 0 Å². The van der Waals surface area contributed by atoms with Gasteiger partial charge in [-0.1, -0.05) is 18.2 Å². The fraction of sp³-hybridized carbons (Fsp3) is 0.500. The van der Waals surface area contributed by atoms with Crippen LogP contribution in [0, 0.1) is 0 Å². The first-order valence-electron chi connectivity index (χ1n) is 8.51. The number of hydrogen-bond acceptors (Lipinski definition) is 5. The normalized spacial score (nSPS) is 18.7. The topological polar surface area (TPSA) is 97.0 Å². The van der Waals surface area contributed by atoms with Crippen molar-refractivity contribution in [1.82, 2.24) is 10.2 Å². The van der Waals surface area contributed by atoms with Crippen molar-refractivity contribution in [3.8, 4) is 0 Å². The van der Waals surface area contributed by atoms with Gasteiger partial charge in [0.15, 0.2) is 0 Å². The van der Waals surface area contributed by atoms with E-state index in [1.165, 1.54) is 19.1 Å². The van der Waals surface area contributed by atoms with Gasteiger partial charge >= 0.3 is 6.09 Å². The van der Waals surface area contributed by atoms with E-state index in [1.807, 2.05) is 18.2 Å². The van der Waals surface area contributed by atoms with Crippen LogP contribution in [0.2, 0.25) is 0 Å². The highest BCUT2D eigenvalue weighted by Crippen LogP contribution is 2.21. The average Bonchev–Trinajstić information content (AvgIpc) is 3.15. The Balaban J connectivity index is 2.11. The third-order valence-electron chi connectivity index (χ3n) is 4.45. The molecule has 0 aromatic heterocycles. The van der Waals surface area contributed by atoms with Gasteiger partial charge in [0, 0.05) is 19.3 Å². The van der Waals surface area contributed by atoms with Gasteiger partial charge in [-0.25, -0.2) is 4.79 Å². The second-order valence-electron chi connectivity index (χ2n) is 6.10. The van der Waals surface area contributed by atoms with Crippen LogP contribution in [-0.2, 0) is 19.1 Å². The summed E-state index contributed by atoms with van der Waals surface area (Å²) >= 11 is 0. The lowest BCUT2D eigenvalue weighted by atomic mass is 10.1. The molecule has 2 rings (SSSR count). The molecule has 0 bridgehead atoms. The molecule has 0 aliphatic carbocycles. The molecule has 1 aliphatic rings. The standard InChI is InChI=1S/C18H25N3O5/c1-12(25-2)15(20-18(24)26-3)17(23)21-11-7-10-14(21)16(22)19-13-8-5-4-6-9-13/h4-6,8-9,12,14-15H,7,10-11H2,1-3H3,(H,19,22)(H,20,24)/t12-,14+,15+/m1/s1. The number of para-hydroxylation sites is 1. The van der Waals surface area contributed by atoms with E-state index >= 15 is 0 Å². The number of hydrogen-bond donors (Lipinski definition) is 2. The molecular formula is C18H25N3O5. The van der Waals surface area contributed by atoms with Crippen molar-refractivity contribution in [2.75, 3.05) is 26.1 Å². The smallest absolute Gasteiger partial charge is 0.407 e. The minimum Gasteiger partial charge on any atom is -0.453 e. The number of amides is 3. The number of ether oxygens (including phenoxy) is 2. The van der Waals surface area contributed by atoms with Gasteiger partial charge in [-0.3, -0.25) is 9.59 Å². The lowest BCUT2D eigenvalue weighted by molar-refractivity contribution is -0.141. The number of rotatable bonds is 6. The van der Waals surface area contributed by atoms with Crippen molar-refractivity contribution >= 4 is 23.6 Å². The Kier molecular flexibility index (Phi) is 6.97. The van der Waals surface area contributed by atoms with E-state index in [4.69, 9.17) is 4.74 Å². The van der Waals surface area contributed by atoms with E-state index < -0.39 is 24.3 Å². The number of carbonyl (C=O) groups excluding carboxylic acids is 3. The zero-order valence-electron chi connectivity index (χ0n) is 15.2. The summed E-state index contributed by atoms with van der Waals surface area (Å²) in [5, 5.41) is 5.32. The Hall–Kier alpha value is -2.61. The summed E-state index contributed by atoms with van der Waals surface area (Å²) in [5.74, 6) is -0.612. The van der Waals surface area contributed by atoms with Gasteiger partial charge in [-0.2, -0.15) is 0 Å². The van der Waals surface area contributed by atoms with Crippen molar-refractivity contribution in [2.45, 2.75) is 38.0 Å². The van der Waals surface area contributed by atoms with Crippen LogP contribution in [-0.4, -0.2) is 61.8 Å². The van der Waals surface area contributed by atoms with Crippen LogP contribution in [0.25, 0.3) is 0 Å². The van der Waals surface area contributed by atoms with Gasteiger partial charge in [0.25, 0.3) is 0 Å². The molecule has 142 valence electrons. The predicted octanol–water partition coefficient (Wildman–Crippen LogP) is 1.38. The number of methoxy groups -OCH3 is 2. The van der Waals surface area contributed by atoms with E-state index in [2.05, 4.69) is 15.4 Å². The van der Waals surface area contributed by atoms with Crippen molar-refractivity contribution in [2.24, 2.45) is 0 Å². The number of alkyl carbamates (subject to hydrolysis) is 1. The van der Waals surface area contributed by atoms with Crippen molar-refractivity contribution in [3.05, 3.63) is 30.3 Å². The lowest BCUT2D eigenvalue weighted by Crippen LogP contribution is -2.56. The van der Waals surface area contributed by atoms with Gasteiger partial charge < -0.3 is 25.0 Å². The van der Waals surface area contributed by atoms with E-state index in [0.717, 1.165) is 0 Å². The molecule has 1 aromatic rings. The summed E-state index contributed by atoms with van der Waals surface area (Å²) in [6, 6.07) is 7.55. The van der Waals surface area contributed by atoms with E-state index in [9.17, 15) is 14.4 Å². The maximum atomic E-state index is 13.0. The second kappa shape index (κ2) is 9.19. The third-order valence-corrected chi connectivity index (χ3v) is 4.45.